The molecule has 8 atom stereocenters. The van der Waals surface area contributed by atoms with E-state index in [-0.39, 0.29) is 57.2 Å². The predicted molar refractivity (Wildman–Crippen MR) is 191 cm³/mol. The van der Waals surface area contributed by atoms with Crippen molar-refractivity contribution in [3.05, 3.63) is 52.6 Å². The predicted octanol–water partition coefficient (Wildman–Crippen LogP) is 5.57. The van der Waals surface area contributed by atoms with Gasteiger partial charge in [0.05, 0.1) is 34.9 Å². The van der Waals surface area contributed by atoms with Crippen molar-refractivity contribution in [1.82, 2.24) is 0 Å². The van der Waals surface area contributed by atoms with E-state index < -0.39 is 65.2 Å². The number of carbonyl (C=O) groups excluding carboxylic acids is 2. The Bertz CT molecular complexity index is 1590. The van der Waals surface area contributed by atoms with Crippen molar-refractivity contribution in [2.24, 2.45) is 23.7 Å². The molecule has 272 valence electrons. The summed E-state index contributed by atoms with van der Waals surface area (Å²) in [6.45, 7) is 15.9. The summed E-state index contributed by atoms with van der Waals surface area (Å²) in [5, 5.41) is 75.9. The minimum Gasteiger partial charge on any atom is -0.507 e. The van der Waals surface area contributed by atoms with E-state index in [1.165, 1.54) is 19.9 Å². The summed E-state index contributed by atoms with van der Waals surface area (Å²) in [4.78, 5) is 26.7. The van der Waals surface area contributed by atoms with Gasteiger partial charge in [-0.05, 0) is 39.0 Å². The van der Waals surface area contributed by atoms with Gasteiger partial charge in [0.25, 0.3) is 5.91 Å². The number of ether oxygens (including phenoxy) is 1. The molecule has 0 aromatic heterocycles. The highest BCUT2D eigenvalue weighted by Gasteiger charge is 2.39. The highest BCUT2D eigenvalue weighted by Crippen LogP contribution is 2.53. The zero-order valence-electron chi connectivity index (χ0n) is 30.3. The van der Waals surface area contributed by atoms with Gasteiger partial charge in [-0.1, -0.05) is 71.9 Å². The third kappa shape index (κ3) is 8.46. The van der Waals surface area contributed by atoms with Crippen LogP contribution in [0.3, 0.4) is 0 Å². The molecule has 3 aliphatic rings. The van der Waals surface area contributed by atoms with E-state index in [0.717, 1.165) is 7.11 Å². The number of phenols is 3. The maximum atomic E-state index is 13.6. The fourth-order valence-electron chi connectivity index (χ4n) is 6.36. The average Bonchev–Trinajstić information content (AvgIpc) is 3.42. The Morgan fingerprint density at radius 1 is 0.796 bits per heavy atom. The van der Waals surface area contributed by atoms with Gasteiger partial charge in [0.2, 0.25) is 5.78 Å². The Balaban J connectivity index is 0.00000201. The average molecular weight is 686 g/mol. The Labute approximate surface area is 289 Å². The van der Waals surface area contributed by atoms with Gasteiger partial charge in [0.1, 0.15) is 17.2 Å². The van der Waals surface area contributed by atoms with Crippen molar-refractivity contribution in [2.45, 2.75) is 99.6 Å². The molecule has 0 saturated carbocycles. The Hall–Kier alpha value is -3.90. The van der Waals surface area contributed by atoms with Crippen LogP contribution in [0.5, 0.6) is 23.0 Å². The number of hydrogen-bond acceptors (Lipinski definition) is 10. The van der Waals surface area contributed by atoms with Gasteiger partial charge in [0.15, 0.2) is 11.9 Å². The second-order valence-corrected chi connectivity index (χ2v) is 12.8. The summed E-state index contributed by atoms with van der Waals surface area (Å²) < 4.78 is 5.94. The number of aliphatic hydroxyl groups is 4. The lowest BCUT2D eigenvalue weighted by Crippen LogP contribution is -2.41. The lowest BCUT2D eigenvalue weighted by atomic mass is 9.80. The third-order valence-electron chi connectivity index (χ3n) is 9.45. The molecule has 2 aromatic rings. The second-order valence-electron chi connectivity index (χ2n) is 12.8. The first-order valence-corrected chi connectivity index (χ1v) is 16.8. The highest BCUT2D eigenvalue weighted by atomic mass is 16.5. The van der Waals surface area contributed by atoms with Gasteiger partial charge in [-0.25, -0.2) is 0 Å². The summed E-state index contributed by atoms with van der Waals surface area (Å²) in [5.41, 5.74) is 0.467. The molecule has 49 heavy (non-hydrogen) atoms. The molecule has 1 amide bonds. The highest BCUT2D eigenvalue weighted by molar-refractivity contribution is 6.21. The smallest absolute Gasteiger partial charge is 0.251 e. The number of ketones is 1. The van der Waals surface area contributed by atoms with E-state index in [1.807, 2.05) is 33.8 Å². The molecule has 0 saturated heterocycles. The molecular weight excluding hydrogens is 630 g/mol. The summed E-state index contributed by atoms with van der Waals surface area (Å²) in [6, 6.07) is 0. The number of benzene rings is 2. The van der Waals surface area contributed by atoms with E-state index in [4.69, 9.17) is 9.84 Å². The largest absolute Gasteiger partial charge is 0.507 e. The molecule has 3 heterocycles. The molecule has 0 aliphatic carbocycles. The lowest BCUT2D eigenvalue weighted by Gasteiger charge is -2.33. The van der Waals surface area contributed by atoms with Crippen LogP contribution < -0.4 is 10.1 Å². The summed E-state index contributed by atoms with van der Waals surface area (Å²) in [5.74, 6) is -3.58. The summed E-state index contributed by atoms with van der Waals surface area (Å²) >= 11 is 0. The van der Waals surface area contributed by atoms with Crippen LogP contribution in [-0.4, -0.2) is 79.0 Å². The van der Waals surface area contributed by atoms with Crippen LogP contribution in [-0.2, 0) is 4.79 Å². The maximum absolute atomic E-state index is 13.6. The number of hydrogen-bond donors (Lipinski definition) is 8. The van der Waals surface area contributed by atoms with E-state index in [2.05, 4.69) is 5.32 Å². The van der Waals surface area contributed by atoms with Crippen LogP contribution in [0.1, 0.15) is 82.8 Å². The minimum absolute atomic E-state index is 0.00135. The van der Waals surface area contributed by atoms with Crippen molar-refractivity contribution < 1.29 is 50.1 Å². The zero-order valence-corrected chi connectivity index (χ0v) is 30.3. The van der Waals surface area contributed by atoms with Crippen LogP contribution in [0.25, 0.3) is 10.8 Å². The van der Waals surface area contributed by atoms with E-state index in [1.54, 1.807) is 39.0 Å². The van der Waals surface area contributed by atoms with E-state index in [9.17, 15) is 40.2 Å². The number of allylic oxidation sites excluding steroid dienone is 3. The van der Waals surface area contributed by atoms with Crippen LogP contribution in [0.2, 0.25) is 0 Å². The first-order valence-electron chi connectivity index (χ1n) is 16.8. The molecule has 2 aromatic carbocycles. The molecule has 0 radical (unpaired) electrons. The molecule has 8 N–H and O–H groups in total. The van der Waals surface area contributed by atoms with Crippen LogP contribution in [0, 0.1) is 37.5 Å². The maximum Gasteiger partial charge on any atom is 0.251 e. The lowest BCUT2D eigenvalue weighted by molar-refractivity contribution is -0.112. The van der Waals surface area contributed by atoms with E-state index >= 15 is 0 Å². The second kappa shape index (κ2) is 17.7. The zero-order chi connectivity index (χ0) is 37.5. The Kier molecular flexibility index (Phi) is 14.9. The molecule has 5 bridgehead atoms. The van der Waals surface area contributed by atoms with Crippen molar-refractivity contribution in [2.75, 3.05) is 12.4 Å². The fraction of sp³-hybridized carbons (Fsp3) is 0.526. The molecule has 11 heteroatoms. The first kappa shape index (κ1) is 41.3. The number of amides is 1. The van der Waals surface area contributed by atoms with Crippen molar-refractivity contribution in [3.8, 4) is 23.0 Å². The normalized spacial score (nSPS) is 30.2. The number of aliphatic hydroxyl groups excluding tert-OH is 4. The van der Waals surface area contributed by atoms with Crippen molar-refractivity contribution in [3.63, 3.8) is 0 Å². The SMILES string of the molecule is C/C1=C/C=C/[C@H](C)C[C@@H](C)[C@@H](O)[C@@H](C)[C@H](O)[C@H](C)[C@@H](O)/C=C/C[C@H]2Oc3c(C)c(O)c4c(O)c(c(C)c(O)c4c3C2=O)NC1=O.CC.CO. The van der Waals surface area contributed by atoms with Gasteiger partial charge in [0, 0.05) is 47.5 Å². The fourth-order valence-corrected chi connectivity index (χ4v) is 6.36. The van der Waals surface area contributed by atoms with Gasteiger partial charge in [-0.3, -0.25) is 9.59 Å². The molecule has 3 aliphatic heterocycles. The van der Waals surface area contributed by atoms with Gasteiger partial charge in [-0.15, -0.1) is 0 Å². The van der Waals surface area contributed by atoms with Crippen molar-refractivity contribution >= 4 is 28.2 Å². The number of aromatic hydroxyl groups is 3. The number of fused-ring (bicyclic) bond motifs is 14. The van der Waals surface area contributed by atoms with Gasteiger partial charge >= 0.3 is 0 Å². The van der Waals surface area contributed by atoms with Crippen LogP contribution >= 0.6 is 0 Å². The monoisotopic (exact) mass is 685 g/mol. The van der Waals surface area contributed by atoms with Crippen LogP contribution in [0.15, 0.2) is 36.0 Å². The molecule has 0 fully saturated rings. The molecule has 11 nitrogen and oxygen atoms in total. The number of rotatable bonds is 0. The summed E-state index contributed by atoms with van der Waals surface area (Å²) in [7, 11) is 1.00. The number of nitrogens with one attached hydrogen (secondary N) is 1. The topological polar surface area (TPSA) is 197 Å². The van der Waals surface area contributed by atoms with E-state index in [0.29, 0.717) is 12.0 Å². The Morgan fingerprint density at radius 3 is 2.00 bits per heavy atom. The number of anilines is 1. The van der Waals surface area contributed by atoms with Crippen LogP contribution in [0.4, 0.5) is 5.69 Å². The number of phenolic OH excluding ortho intramolecular Hbond substituents is 3. The molecular formula is C38H55NO10. The standard InChI is InChI=1S/C35H45NO9.C2H6.CH4O/c1-15-10-8-11-16(2)35(44)36-27-19(5)30(40)24-25(33(27)43)31(41)21(7)34-26(24)32(42)23(45-34)13-9-12-22(37)18(4)29(39)20(6)28(38)17(3)14-15;2*1-2/h8-12,15,17-18,20,22-23,28-29,37-41,43H,13-14H2,1-7H3,(H,36,44);1-2H3;2H,1H3/b10-8+,12-9+,16-11-;;/t15-,17+,18+,20+,22-,23+,28+,29+;;/m0../s1. The minimum atomic E-state index is -1.07. The molecule has 0 unspecified atom stereocenters. The molecule has 5 rings (SSSR count). The third-order valence-corrected chi connectivity index (χ3v) is 9.45. The van der Waals surface area contributed by atoms with Crippen molar-refractivity contribution in [1.29, 1.82) is 0 Å². The number of Topliss-reactive ketones (excluding diaryl/α,β-unsaturated/α-hetero) is 1. The number of carbonyl (C=O) groups is 2. The quantitative estimate of drug-likeness (QED) is 0.0986. The Morgan fingerprint density at radius 2 is 1.39 bits per heavy atom. The summed E-state index contributed by atoms with van der Waals surface area (Å²) in [6.07, 6.45) is 4.96. The van der Waals surface area contributed by atoms with Gasteiger partial charge in [-0.2, -0.15) is 0 Å². The molecule has 0 spiro atoms. The first-order chi connectivity index (χ1) is 23.1. The van der Waals surface area contributed by atoms with Gasteiger partial charge < -0.3 is 45.8 Å².